The molecule has 0 fully saturated rings. The first-order chi connectivity index (χ1) is 9.31. The van der Waals surface area contributed by atoms with E-state index in [-0.39, 0.29) is 12.1 Å². The first-order valence-corrected chi connectivity index (χ1v) is 6.82. The third kappa shape index (κ3) is 2.93. The molecule has 1 aromatic rings. The van der Waals surface area contributed by atoms with Gasteiger partial charge in [0.1, 0.15) is 5.60 Å². The van der Waals surface area contributed by atoms with Gasteiger partial charge in [0.25, 0.3) is 0 Å². The molecule has 1 aromatic carbocycles. The molecule has 1 amide bonds. The molecule has 0 aromatic heterocycles. The molecule has 4 heteroatoms. The Bertz CT molecular complexity index is 567. The molecule has 0 aliphatic carbocycles. The van der Waals surface area contributed by atoms with E-state index in [0.717, 1.165) is 17.5 Å². The van der Waals surface area contributed by atoms with Gasteiger partial charge in [0.05, 0.1) is 12.6 Å². The van der Waals surface area contributed by atoms with E-state index in [9.17, 15) is 4.79 Å². The highest BCUT2D eigenvalue weighted by atomic mass is 16.6. The van der Waals surface area contributed by atoms with Gasteiger partial charge in [-0.3, -0.25) is 0 Å². The molecule has 106 valence electrons. The van der Waals surface area contributed by atoms with Crippen molar-refractivity contribution in [2.24, 2.45) is 0 Å². The van der Waals surface area contributed by atoms with Gasteiger partial charge in [0.2, 0.25) is 0 Å². The Kier molecular flexibility index (Phi) is 3.71. The number of hydrogen-bond donors (Lipinski definition) is 0. The largest absolute Gasteiger partial charge is 0.444 e. The van der Waals surface area contributed by atoms with Gasteiger partial charge in [-0.25, -0.2) is 9.64 Å². The van der Waals surface area contributed by atoms with Crippen LogP contribution in [0, 0.1) is 6.57 Å². The number of benzene rings is 1. The Morgan fingerprint density at radius 2 is 2.15 bits per heavy atom. The summed E-state index contributed by atoms with van der Waals surface area (Å²) in [6.07, 6.45) is 0.493. The smallest absolute Gasteiger partial charge is 0.410 e. The fourth-order valence-corrected chi connectivity index (χ4v) is 2.46. The predicted octanol–water partition coefficient (Wildman–Crippen LogP) is 4.09. The summed E-state index contributed by atoms with van der Waals surface area (Å²) in [4.78, 5) is 17.4. The van der Waals surface area contributed by atoms with Crippen molar-refractivity contribution in [3.63, 3.8) is 0 Å². The molecule has 1 unspecified atom stereocenters. The van der Waals surface area contributed by atoms with Gasteiger partial charge in [-0.15, -0.1) is 0 Å². The highest BCUT2D eigenvalue weighted by molar-refractivity contribution is 5.69. The van der Waals surface area contributed by atoms with Crippen LogP contribution in [0.5, 0.6) is 0 Å². The van der Waals surface area contributed by atoms with Crippen LogP contribution in [0.15, 0.2) is 18.2 Å². The van der Waals surface area contributed by atoms with Crippen LogP contribution in [0.25, 0.3) is 4.85 Å². The molecular weight excluding hydrogens is 252 g/mol. The second kappa shape index (κ2) is 5.16. The van der Waals surface area contributed by atoms with Crippen molar-refractivity contribution in [1.82, 2.24) is 4.90 Å². The van der Waals surface area contributed by atoms with Crippen molar-refractivity contribution in [3.05, 3.63) is 40.7 Å². The molecule has 0 bridgehead atoms. The van der Waals surface area contributed by atoms with Crippen LogP contribution in [0.2, 0.25) is 0 Å². The fraction of sp³-hybridized carbons (Fsp3) is 0.500. The highest BCUT2D eigenvalue weighted by Crippen LogP contribution is 2.32. The molecule has 1 atom stereocenters. The number of fused-ring (bicyclic) bond motifs is 1. The lowest BCUT2D eigenvalue weighted by molar-refractivity contribution is 0.0160. The Morgan fingerprint density at radius 1 is 1.45 bits per heavy atom. The van der Waals surface area contributed by atoms with Gasteiger partial charge in [-0.2, -0.15) is 0 Å². The molecule has 4 nitrogen and oxygen atoms in total. The van der Waals surface area contributed by atoms with Crippen LogP contribution in [-0.4, -0.2) is 23.1 Å². The summed E-state index contributed by atoms with van der Waals surface area (Å²) < 4.78 is 5.45. The van der Waals surface area contributed by atoms with Gasteiger partial charge in [-0.1, -0.05) is 23.8 Å². The number of rotatable bonds is 0. The van der Waals surface area contributed by atoms with E-state index in [0.29, 0.717) is 12.2 Å². The van der Waals surface area contributed by atoms with Crippen molar-refractivity contribution in [1.29, 1.82) is 0 Å². The third-order valence-electron chi connectivity index (χ3n) is 3.42. The second-order valence-electron chi connectivity index (χ2n) is 6.09. The summed E-state index contributed by atoms with van der Waals surface area (Å²) in [5, 5.41) is 0. The number of carbonyl (C=O) groups excluding carboxylic acids is 1. The molecule has 0 radical (unpaired) electrons. The van der Waals surface area contributed by atoms with E-state index in [1.165, 1.54) is 0 Å². The Labute approximate surface area is 120 Å². The summed E-state index contributed by atoms with van der Waals surface area (Å²) in [5.41, 5.74) is 2.44. The average Bonchev–Trinajstić information content (AvgIpc) is 2.36. The minimum absolute atomic E-state index is 0.0200. The monoisotopic (exact) mass is 272 g/mol. The molecule has 0 spiro atoms. The lowest BCUT2D eigenvalue weighted by Gasteiger charge is -2.36. The topological polar surface area (TPSA) is 33.9 Å². The molecule has 1 aliphatic heterocycles. The summed E-state index contributed by atoms with van der Waals surface area (Å²) in [6.45, 7) is 15.3. The quantitative estimate of drug-likeness (QED) is 0.666. The van der Waals surface area contributed by atoms with Gasteiger partial charge >= 0.3 is 6.09 Å². The summed E-state index contributed by atoms with van der Waals surface area (Å²) >= 11 is 0. The molecule has 0 saturated carbocycles. The van der Waals surface area contributed by atoms with Gasteiger partial charge < -0.3 is 9.64 Å². The number of amides is 1. The second-order valence-corrected chi connectivity index (χ2v) is 6.09. The van der Waals surface area contributed by atoms with Crippen molar-refractivity contribution >= 4 is 11.8 Å². The summed E-state index contributed by atoms with van der Waals surface area (Å²) in [7, 11) is 0. The fourth-order valence-electron chi connectivity index (χ4n) is 2.46. The summed E-state index contributed by atoms with van der Waals surface area (Å²) in [5.74, 6) is 0. The molecule has 0 saturated heterocycles. The minimum atomic E-state index is -0.481. The molecule has 1 aliphatic rings. The van der Waals surface area contributed by atoms with Crippen LogP contribution < -0.4 is 0 Å². The standard InChI is InChI=1S/C16H20N2O2/c1-11-14-7-6-13(17-5)10-12(14)8-9-18(11)15(19)20-16(2,3)4/h6-7,10-11H,8-9H2,1-4H3. The Morgan fingerprint density at radius 3 is 2.75 bits per heavy atom. The molecule has 0 N–H and O–H groups in total. The van der Waals surface area contributed by atoms with Gasteiger partial charge in [0.15, 0.2) is 5.69 Å². The van der Waals surface area contributed by atoms with E-state index in [1.807, 2.05) is 39.8 Å². The normalized spacial score (nSPS) is 18.1. The van der Waals surface area contributed by atoms with E-state index in [2.05, 4.69) is 4.85 Å². The lowest BCUT2D eigenvalue weighted by atomic mass is 9.93. The minimum Gasteiger partial charge on any atom is -0.444 e. The maximum Gasteiger partial charge on any atom is 0.410 e. The van der Waals surface area contributed by atoms with Crippen molar-refractivity contribution in [3.8, 4) is 0 Å². The van der Waals surface area contributed by atoms with E-state index >= 15 is 0 Å². The van der Waals surface area contributed by atoms with Crippen molar-refractivity contribution in [2.45, 2.75) is 45.8 Å². The Hall–Kier alpha value is -2.02. The van der Waals surface area contributed by atoms with E-state index < -0.39 is 5.60 Å². The predicted molar refractivity (Wildman–Crippen MR) is 77.8 cm³/mol. The molecule has 20 heavy (non-hydrogen) atoms. The zero-order valence-corrected chi connectivity index (χ0v) is 12.4. The maximum atomic E-state index is 12.2. The first kappa shape index (κ1) is 14.4. The number of carbonyl (C=O) groups is 1. The van der Waals surface area contributed by atoms with Crippen LogP contribution >= 0.6 is 0 Å². The third-order valence-corrected chi connectivity index (χ3v) is 3.42. The van der Waals surface area contributed by atoms with Crippen LogP contribution in [0.3, 0.4) is 0 Å². The van der Waals surface area contributed by atoms with Gasteiger partial charge in [-0.05, 0) is 39.7 Å². The Balaban J connectivity index is 2.22. The van der Waals surface area contributed by atoms with Crippen LogP contribution in [-0.2, 0) is 11.2 Å². The maximum absolute atomic E-state index is 12.2. The summed E-state index contributed by atoms with van der Waals surface area (Å²) in [6, 6.07) is 5.66. The molecular formula is C16H20N2O2. The van der Waals surface area contributed by atoms with Crippen molar-refractivity contribution < 1.29 is 9.53 Å². The lowest BCUT2D eigenvalue weighted by Crippen LogP contribution is -2.42. The van der Waals surface area contributed by atoms with E-state index in [4.69, 9.17) is 11.3 Å². The number of hydrogen-bond acceptors (Lipinski definition) is 2. The van der Waals surface area contributed by atoms with Crippen LogP contribution in [0.4, 0.5) is 10.5 Å². The number of nitrogens with zero attached hydrogens (tertiary/aromatic N) is 2. The molecule has 1 heterocycles. The molecule has 2 rings (SSSR count). The zero-order chi connectivity index (χ0) is 14.9. The average molecular weight is 272 g/mol. The van der Waals surface area contributed by atoms with Crippen molar-refractivity contribution in [2.75, 3.05) is 6.54 Å². The van der Waals surface area contributed by atoms with E-state index in [1.54, 1.807) is 11.0 Å². The number of ether oxygens (including phenoxy) is 1. The van der Waals surface area contributed by atoms with Gasteiger partial charge in [0, 0.05) is 6.54 Å². The SMILES string of the molecule is [C-]#[N+]c1ccc2c(c1)CCN(C(=O)OC(C)(C)C)C2C. The highest BCUT2D eigenvalue weighted by Gasteiger charge is 2.30. The zero-order valence-electron chi connectivity index (χ0n) is 12.4. The first-order valence-electron chi connectivity index (χ1n) is 6.82. The van der Waals surface area contributed by atoms with Crippen LogP contribution in [0.1, 0.15) is 44.9 Å².